The topological polar surface area (TPSA) is 57.6 Å². The van der Waals surface area contributed by atoms with Gasteiger partial charge in [0.2, 0.25) is 11.8 Å². The van der Waals surface area contributed by atoms with E-state index in [0.717, 1.165) is 44.9 Å². The van der Waals surface area contributed by atoms with Crippen molar-refractivity contribution in [1.29, 1.82) is 0 Å². The smallest absolute Gasteiger partial charge is 0.233 e. The number of hydrogen-bond donors (Lipinski definition) is 1. The second kappa shape index (κ2) is 3.80. The van der Waals surface area contributed by atoms with Gasteiger partial charge in [-0.25, -0.2) is 0 Å². The van der Waals surface area contributed by atoms with Crippen molar-refractivity contribution in [1.82, 2.24) is 4.90 Å². The molecule has 4 heteroatoms. The molecule has 1 saturated heterocycles. The van der Waals surface area contributed by atoms with Crippen LogP contribution < -0.4 is 0 Å². The van der Waals surface area contributed by atoms with Crippen LogP contribution >= 0.6 is 0 Å². The zero-order chi connectivity index (χ0) is 12.0. The highest BCUT2D eigenvalue weighted by Gasteiger charge is 2.50. The summed E-state index contributed by atoms with van der Waals surface area (Å²) in [7, 11) is 0. The predicted octanol–water partition coefficient (Wildman–Crippen LogP) is 1.08. The summed E-state index contributed by atoms with van der Waals surface area (Å²) >= 11 is 0. The molecule has 0 bridgehead atoms. The van der Waals surface area contributed by atoms with Crippen molar-refractivity contribution in [2.24, 2.45) is 11.8 Å². The SMILES string of the molecule is O=C1C2CCCCC2C(=O)N1CC1(O)CCC1. The summed E-state index contributed by atoms with van der Waals surface area (Å²) in [5.41, 5.74) is -0.779. The van der Waals surface area contributed by atoms with Crippen LogP contribution in [0.1, 0.15) is 44.9 Å². The molecule has 2 atom stereocenters. The molecule has 17 heavy (non-hydrogen) atoms. The lowest BCUT2D eigenvalue weighted by molar-refractivity contribution is -0.147. The maximum atomic E-state index is 12.2. The van der Waals surface area contributed by atoms with E-state index in [1.165, 1.54) is 4.90 Å². The van der Waals surface area contributed by atoms with Crippen LogP contribution in [-0.2, 0) is 9.59 Å². The molecule has 3 fully saturated rings. The van der Waals surface area contributed by atoms with Gasteiger partial charge in [0, 0.05) is 0 Å². The quantitative estimate of drug-likeness (QED) is 0.731. The Morgan fingerprint density at radius 3 is 2.00 bits per heavy atom. The third-order valence-electron chi connectivity index (χ3n) is 4.67. The van der Waals surface area contributed by atoms with Crippen LogP contribution in [0.5, 0.6) is 0 Å². The number of likely N-dealkylation sites (tertiary alicyclic amines) is 1. The number of carbonyl (C=O) groups excluding carboxylic acids is 2. The van der Waals surface area contributed by atoms with Gasteiger partial charge in [-0.15, -0.1) is 0 Å². The predicted molar refractivity (Wildman–Crippen MR) is 61.0 cm³/mol. The molecule has 2 saturated carbocycles. The van der Waals surface area contributed by atoms with Gasteiger partial charge in [0.25, 0.3) is 0 Å². The average molecular weight is 237 g/mol. The van der Waals surface area contributed by atoms with Crippen LogP contribution in [0.2, 0.25) is 0 Å². The minimum absolute atomic E-state index is 0.0278. The third-order valence-corrected chi connectivity index (χ3v) is 4.67. The van der Waals surface area contributed by atoms with Gasteiger partial charge in [-0.3, -0.25) is 14.5 Å². The fourth-order valence-corrected chi connectivity index (χ4v) is 3.42. The highest BCUT2D eigenvalue weighted by atomic mass is 16.3. The summed E-state index contributed by atoms with van der Waals surface area (Å²) in [5.74, 6) is -0.222. The van der Waals surface area contributed by atoms with Gasteiger partial charge in [-0.1, -0.05) is 12.8 Å². The van der Waals surface area contributed by atoms with Gasteiger partial charge in [-0.2, -0.15) is 0 Å². The van der Waals surface area contributed by atoms with E-state index in [2.05, 4.69) is 0 Å². The molecule has 4 nitrogen and oxygen atoms in total. The summed E-state index contributed by atoms with van der Waals surface area (Å²) in [6, 6.07) is 0. The van der Waals surface area contributed by atoms with Crippen molar-refractivity contribution in [3.8, 4) is 0 Å². The van der Waals surface area contributed by atoms with E-state index in [0.29, 0.717) is 0 Å². The minimum atomic E-state index is -0.779. The van der Waals surface area contributed by atoms with Crippen LogP contribution in [-0.4, -0.2) is 34.0 Å². The zero-order valence-electron chi connectivity index (χ0n) is 10.0. The Morgan fingerprint density at radius 1 is 1.06 bits per heavy atom. The molecule has 0 radical (unpaired) electrons. The number of imide groups is 1. The highest BCUT2D eigenvalue weighted by Crippen LogP contribution is 2.40. The van der Waals surface area contributed by atoms with Crippen molar-refractivity contribution >= 4 is 11.8 Å². The van der Waals surface area contributed by atoms with Crippen LogP contribution in [0.3, 0.4) is 0 Å². The Balaban J connectivity index is 1.76. The summed E-state index contributed by atoms with van der Waals surface area (Å²) in [4.78, 5) is 25.7. The number of amides is 2. The zero-order valence-corrected chi connectivity index (χ0v) is 10.0. The van der Waals surface area contributed by atoms with Crippen LogP contribution in [0.25, 0.3) is 0 Å². The Bertz CT molecular complexity index is 338. The number of fused-ring (bicyclic) bond motifs is 1. The summed E-state index contributed by atoms with van der Waals surface area (Å²) < 4.78 is 0. The first-order valence-electron chi connectivity index (χ1n) is 6.68. The summed E-state index contributed by atoms with van der Waals surface area (Å²) in [6.07, 6.45) is 6.25. The lowest BCUT2D eigenvalue weighted by atomic mass is 9.80. The number of β-amino-alcohol motifs (C(OH)–C–C–N with tert-alkyl or cyclic N) is 1. The second-order valence-electron chi connectivity index (χ2n) is 5.84. The van der Waals surface area contributed by atoms with Crippen LogP contribution in [0.15, 0.2) is 0 Å². The van der Waals surface area contributed by atoms with E-state index in [1.54, 1.807) is 0 Å². The van der Waals surface area contributed by atoms with Crippen molar-refractivity contribution in [3.05, 3.63) is 0 Å². The van der Waals surface area contributed by atoms with Gasteiger partial charge in [-0.05, 0) is 32.1 Å². The Kier molecular flexibility index (Phi) is 2.51. The van der Waals surface area contributed by atoms with Gasteiger partial charge in [0.1, 0.15) is 0 Å². The summed E-state index contributed by atoms with van der Waals surface area (Å²) in [6.45, 7) is 0.234. The van der Waals surface area contributed by atoms with Gasteiger partial charge < -0.3 is 5.11 Å². The lowest BCUT2D eigenvalue weighted by Gasteiger charge is -2.38. The molecule has 1 heterocycles. The Labute approximate surface area is 101 Å². The molecule has 2 unspecified atom stereocenters. The first kappa shape index (κ1) is 11.2. The molecular formula is C13H19NO3. The number of nitrogens with zero attached hydrogens (tertiary/aromatic N) is 1. The maximum absolute atomic E-state index is 12.2. The van der Waals surface area contributed by atoms with Crippen LogP contribution in [0.4, 0.5) is 0 Å². The summed E-state index contributed by atoms with van der Waals surface area (Å²) in [5, 5.41) is 10.1. The molecular weight excluding hydrogens is 218 g/mol. The second-order valence-corrected chi connectivity index (χ2v) is 5.84. The molecule has 3 aliphatic rings. The standard InChI is InChI=1S/C13H19NO3/c15-11-9-4-1-2-5-10(9)12(16)14(11)8-13(17)6-3-7-13/h9-10,17H,1-8H2. The molecule has 94 valence electrons. The molecule has 0 aromatic rings. The molecule has 0 aromatic carbocycles. The number of rotatable bonds is 2. The van der Waals surface area contributed by atoms with E-state index in [9.17, 15) is 14.7 Å². The van der Waals surface area contributed by atoms with Gasteiger partial charge in [0.05, 0.1) is 24.0 Å². The van der Waals surface area contributed by atoms with Gasteiger partial charge in [0.15, 0.2) is 0 Å². The molecule has 2 amide bonds. The molecule has 0 aromatic heterocycles. The fourth-order valence-electron chi connectivity index (χ4n) is 3.42. The van der Waals surface area contributed by atoms with Crippen molar-refractivity contribution in [2.45, 2.75) is 50.5 Å². The van der Waals surface area contributed by atoms with E-state index >= 15 is 0 Å². The monoisotopic (exact) mass is 237 g/mol. The molecule has 2 aliphatic carbocycles. The van der Waals surface area contributed by atoms with Crippen molar-refractivity contribution in [3.63, 3.8) is 0 Å². The average Bonchev–Trinajstić information content (AvgIpc) is 2.53. The maximum Gasteiger partial charge on any atom is 0.233 e. The third kappa shape index (κ3) is 1.69. The first-order valence-corrected chi connectivity index (χ1v) is 6.68. The van der Waals surface area contributed by atoms with E-state index in [4.69, 9.17) is 0 Å². The molecule has 0 spiro atoms. The number of aliphatic hydroxyl groups is 1. The largest absolute Gasteiger partial charge is 0.388 e. The van der Waals surface area contributed by atoms with Crippen LogP contribution in [0, 0.1) is 11.8 Å². The number of hydrogen-bond acceptors (Lipinski definition) is 3. The van der Waals surface area contributed by atoms with E-state index in [1.807, 2.05) is 0 Å². The normalized spacial score (nSPS) is 35.7. The number of carbonyl (C=O) groups is 2. The fraction of sp³-hybridized carbons (Fsp3) is 0.846. The minimum Gasteiger partial charge on any atom is -0.388 e. The molecule has 1 N–H and O–H groups in total. The molecule has 1 aliphatic heterocycles. The van der Waals surface area contributed by atoms with Crippen molar-refractivity contribution < 1.29 is 14.7 Å². The van der Waals surface area contributed by atoms with Gasteiger partial charge >= 0.3 is 0 Å². The van der Waals surface area contributed by atoms with Crippen molar-refractivity contribution in [2.75, 3.05) is 6.54 Å². The Hall–Kier alpha value is -0.900. The first-order chi connectivity index (χ1) is 8.11. The van der Waals surface area contributed by atoms with E-state index < -0.39 is 5.60 Å². The molecule has 3 rings (SSSR count). The highest BCUT2D eigenvalue weighted by molar-refractivity contribution is 6.05. The Morgan fingerprint density at radius 2 is 1.59 bits per heavy atom. The van der Waals surface area contributed by atoms with E-state index in [-0.39, 0.29) is 30.2 Å². The lowest BCUT2D eigenvalue weighted by Crippen LogP contribution is -2.50.